The van der Waals surface area contributed by atoms with E-state index in [1.54, 1.807) is 0 Å². The summed E-state index contributed by atoms with van der Waals surface area (Å²) in [6.07, 6.45) is -0.00384. The Hall–Kier alpha value is -2.69. The molecule has 0 bridgehead atoms. The van der Waals surface area contributed by atoms with Crippen LogP contribution in [0.5, 0.6) is 0 Å². The highest BCUT2D eigenvalue weighted by atomic mass is 16.4. The van der Waals surface area contributed by atoms with Crippen LogP contribution in [-0.2, 0) is 24.0 Å². The highest BCUT2D eigenvalue weighted by Gasteiger charge is 2.75. The van der Waals surface area contributed by atoms with Crippen molar-refractivity contribution in [1.29, 1.82) is 0 Å². The lowest BCUT2D eigenvalue weighted by atomic mass is 9.89. The SMILES string of the molecule is CCC(=O)N(NC(=O)[C@H](C)N)N(C(=O)CC)[C@@]1(C(=O)O)CC[C@H]2[C@H](C(=O)O)[C@H]21. The molecule has 0 aromatic heterocycles. The monoisotopic (exact) mass is 398 g/mol. The molecule has 2 aliphatic carbocycles. The van der Waals surface area contributed by atoms with Gasteiger partial charge in [-0.15, -0.1) is 0 Å². The minimum atomic E-state index is -1.93. The molecule has 11 nitrogen and oxygen atoms in total. The highest BCUT2D eigenvalue weighted by Crippen LogP contribution is 2.64. The number of nitrogens with one attached hydrogen (secondary N) is 1. The Balaban J connectivity index is 2.57. The van der Waals surface area contributed by atoms with Gasteiger partial charge in [-0.25, -0.2) is 15.2 Å². The molecule has 0 heterocycles. The minimum Gasteiger partial charge on any atom is -0.481 e. The molecule has 2 aliphatic rings. The van der Waals surface area contributed by atoms with Gasteiger partial charge in [-0.1, -0.05) is 13.8 Å². The molecule has 2 rings (SSSR count). The maximum atomic E-state index is 12.8. The predicted molar refractivity (Wildman–Crippen MR) is 93.8 cm³/mol. The Labute approximate surface area is 161 Å². The average Bonchev–Trinajstić information content (AvgIpc) is 3.26. The smallest absolute Gasteiger partial charge is 0.332 e. The van der Waals surface area contributed by atoms with E-state index in [0.29, 0.717) is 5.12 Å². The zero-order valence-corrected chi connectivity index (χ0v) is 16.0. The molecular weight excluding hydrogens is 372 g/mol. The minimum absolute atomic E-state index is 0.0191. The third kappa shape index (κ3) is 3.30. The summed E-state index contributed by atoms with van der Waals surface area (Å²) in [4.78, 5) is 61.4. The Bertz CT molecular complexity index is 710. The predicted octanol–water partition coefficient (Wildman–Crippen LogP) is -0.679. The second-order valence-electron chi connectivity index (χ2n) is 7.20. The number of carbonyl (C=O) groups is 5. The standard InChI is InChI=1S/C17H26N4O7/c1-4-10(22)20(21(11(23)5-2)19-14(24)8(3)18)17(16(27)28)7-6-9-12(13(9)17)15(25)26/h8-9,12-13H,4-7,18H2,1-3H3,(H,19,24)(H,25,26)(H,27,28)/t8-,9-,12-,13-,17-/m0/s1. The van der Waals surface area contributed by atoms with E-state index in [4.69, 9.17) is 5.73 Å². The van der Waals surface area contributed by atoms with Crippen molar-refractivity contribution in [3.63, 3.8) is 0 Å². The van der Waals surface area contributed by atoms with E-state index in [2.05, 4.69) is 5.43 Å². The number of hydrogen-bond donors (Lipinski definition) is 4. The molecule has 2 saturated carbocycles. The zero-order chi connectivity index (χ0) is 21.4. The molecule has 28 heavy (non-hydrogen) atoms. The number of rotatable bonds is 6. The van der Waals surface area contributed by atoms with Gasteiger partial charge in [-0.05, 0) is 25.7 Å². The van der Waals surface area contributed by atoms with Crippen LogP contribution < -0.4 is 11.2 Å². The number of fused-ring (bicyclic) bond motifs is 1. The van der Waals surface area contributed by atoms with Gasteiger partial charge in [0, 0.05) is 18.8 Å². The zero-order valence-electron chi connectivity index (χ0n) is 16.0. The number of hydrogen-bond acceptors (Lipinski definition) is 6. The molecule has 5 N–H and O–H groups in total. The van der Waals surface area contributed by atoms with Crippen molar-refractivity contribution < 1.29 is 34.2 Å². The van der Waals surface area contributed by atoms with E-state index in [-0.39, 0.29) is 25.7 Å². The van der Waals surface area contributed by atoms with Crippen LogP contribution in [0.4, 0.5) is 0 Å². The molecule has 0 radical (unpaired) electrons. The van der Waals surface area contributed by atoms with Crippen LogP contribution in [0.1, 0.15) is 46.5 Å². The first-order valence-corrected chi connectivity index (χ1v) is 9.22. The number of carboxylic acid groups (broad SMARTS) is 2. The number of aliphatic carboxylic acids is 2. The summed E-state index contributed by atoms with van der Waals surface area (Å²) < 4.78 is 0. The second-order valence-corrected chi connectivity index (χ2v) is 7.20. The Morgan fingerprint density at radius 1 is 1.14 bits per heavy atom. The molecule has 0 unspecified atom stereocenters. The molecule has 0 aromatic carbocycles. The quantitative estimate of drug-likeness (QED) is 0.426. The number of amides is 3. The third-order valence-corrected chi connectivity index (χ3v) is 5.52. The van der Waals surface area contributed by atoms with Gasteiger partial charge in [0.25, 0.3) is 11.8 Å². The number of nitrogens with zero attached hydrogens (tertiary/aromatic N) is 2. The fourth-order valence-corrected chi connectivity index (χ4v) is 4.10. The van der Waals surface area contributed by atoms with Gasteiger partial charge >= 0.3 is 11.9 Å². The molecule has 0 saturated heterocycles. The van der Waals surface area contributed by atoms with E-state index in [1.807, 2.05) is 0 Å². The lowest BCUT2D eigenvalue weighted by Gasteiger charge is -2.45. The molecule has 0 aromatic rings. The van der Waals surface area contributed by atoms with E-state index < -0.39 is 59.0 Å². The van der Waals surface area contributed by atoms with Crippen molar-refractivity contribution >= 4 is 29.7 Å². The molecule has 2 fully saturated rings. The van der Waals surface area contributed by atoms with Crippen molar-refractivity contribution in [2.45, 2.75) is 58.0 Å². The van der Waals surface area contributed by atoms with Gasteiger partial charge in [0.15, 0.2) is 5.54 Å². The molecule has 0 aliphatic heterocycles. The average molecular weight is 398 g/mol. The van der Waals surface area contributed by atoms with E-state index in [9.17, 15) is 34.2 Å². The second kappa shape index (κ2) is 7.74. The van der Waals surface area contributed by atoms with E-state index in [1.165, 1.54) is 20.8 Å². The first-order chi connectivity index (χ1) is 13.0. The molecule has 0 spiro atoms. The summed E-state index contributed by atoms with van der Waals surface area (Å²) in [5.74, 6) is -6.93. The van der Waals surface area contributed by atoms with Gasteiger partial charge in [0.05, 0.1) is 12.0 Å². The molecular formula is C17H26N4O7. The van der Waals surface area contributed by atoms with E-state index in [0.717, 1.165) is 5.01 Å². The van der Waals surface area contributed by atoms with E-state index >= 15 is 0 Å². The van der Waals surface area contributed by atoms with Crippen LogP contribution in [-0.4, -0.2) is 61.6 Å². The molecule has 11 heteroatoms. The number of nitrogens with two attached hydrogens (primary N) is 1. The van der Waals surface area contributed by atoms with Gasteiger partial charge in [0.1, 0.15) is 0 Å². The summed E-state index contributed by atoms with van der Waals surface area (Å²) in [6.45, 7) is 4.35. The third-order valence-electron chi connectivity index (χ3n) is 5.52. The summed E-state index contributed by atoms with van der Waals surface area (Å²) >= 11 is 0. The van der Waals surface area contributed by atoms with Crippen LogP contribution in [0, 0.1) is 17.8 Å². The van der Waals surface area contributed by atoms with Crippen LogP contribution in [0.2, 0.25) is 0 Å². The van der Waals surface area contributed by atoms with Crippen molar-refractivity contribution in [2.24, 2.45) is 23.5 Å². The highest BCUT2D eigenvalue weighted by molar-refractivity contribution is 5.93. The maximum absolute atomic E-state index is 12.8. The Kier molecular flexibility index (Phi) is 5.97. The largest absolute Gasteiger partial charge is 0.481 e. The lowest BCUT2D eigenvalue weighted by molar-refractivity contribution is -0.201. The maximum Gasteiger partial charge on any atom is 0.332 e. The van der Waals surface area contributed by atoms with Gasteiger partial charge in [0.2, 0.25) is 5.91 Å². The molecule has 3 amide bonds. The summed E-state index contributed by atoms with van der Waals surface area (Å²) in [5.41, 5.74) is 5.83. The van der Waals surface area contributed by atoms with Crippen LogP contribution >= 0.6 is 0 Å². The topological polar surface area (TPSA) is 170 Å². The first-order valence-electron chi connectivity index (χ1n) is 9.22. The van der Waals surface area contributed by atoms with Crippen molar-refractivity contribution in [3.8, 4) is 0 Å². The van der Waals surface area contributed by atoms with Crippen molar-refractivity contribution in [2.75, 3.05) is 0 Å². The van der Waals surface area contributed by atoms with Crippen LogP contribution in [0.25, 0.3) is 0 Å². The fraction of sp³-hybridized carbons (Fsp3) is 0.706. The summed E-state index contributed by atoms with van der Waals surface area (Å²) in [6, 6.07) is -1.02. The van der Waals surface area contributed by atoms with Crippen molar-refractivity contribution in [1.82, 2.24) is 15.6 Å². The number of carboxylic acids is 2. The first kappa shape index (κ1) is 21.6. The summed E-state index contributed by atoms with van der Waals surface area (Å²) in [7, 11) is 0. The summed E-state index contributed by atoms with van der Waals surface area (Å²) in [5, 5.41) is 20.8. The molecule has 5 atom stereocenters. The number of hydrazine groups is 2. The van der Waals surface area contributed by atoms with Crippen LogP contribution in [0.15, 0.2) is 0 Å². The normalized spacial score (nSPS) is 28.6. The number of carbonyl (C=O) groups excluding carboxylic acids is 3. The Morgan fingerprint density at radius 3 is 2.11 bits per heavy atom. The van der Waals surface area contributed by atoms with Crippen molar-refractivity contribution in [3.05, 3.63) is 0 Å². The van der Waals surface area contributed by atoms with Gasteiger partial charge in [-0.2, -0.15) is 5.12 Å². The van der Waals surface area contributed by atoms with Gasteiger partial charge in [-0.3, -0.25) is 19.2 Å². The van der Waals surface area contributed by atoms with Crippen LogP contribution in [0.3, 0.4) is 0 Å². The fourth-order valence-electron chi connectivity index (χ4n) is 4.10. The Morgan fingerprint density at radius 2 is 1.71 bits per heavy atom. The van der Waals surface area contributed by atoms with Gasteiger partial charge < -0.3 is 15.9 Å². The molecule has 156 valence electrons. The lowest BCUT2D eigenvalue weighted by Crippen LogP contribution is -2.70.